The van der Waals surface area contributed by atoms with Gasteiger partial charge in [-0.1, -0.05) is 44.2 Å². The molecule has 6 heteroatoms. The van der Waals surface area contributed by atoms with E-state index in [0.29, 0.717) is 30.3 Å². The fraction of sp³-hybridized carbons (Fsp3) is 0.650. The smallest absolute Gasteiger partial charge is 0.221 e. The quantitative estimate of drug-likeness (QED) is 0.795. The first-order valence-corrected chi connectivity index (χ1v) is 9.41. The molecule has 0 spiro atoms. The highest BCUT2D eigenvalue weighted by atomic mass is 35.5. The van der Waals surface area contributed by atoms with Gasteiger partial charge in [0.05, 0.1) is 0 Å². The number of benzene rings is 1. The van der Waals surface area contributed by atoms with Crippen LogP contribution in [0.2, 0.25) is 0 Å². The van der Waals surface area contributed by atoms with E-state index in [1.165, 1.54) is 12.0 Å². The van der Waals surface area contributed by atoms with Crippen LogP contribution < -0.4 is 10.6 Å². The topological polar surface area (TPSA) is 44.4 Å². The maximum Gasteiger partial charge on any atom is 0.221 e. The molecular formula is C20H33Cl2N3O. The number of hydrogen-bond donors (Lipinski definition) is 2. The SMILES string of the molecule is CC1CN(Cc2ccccc2)CC(C)C1NC(=O)CC1CCCN1.Cl.Cl. The zero-order valence-electron chi connectivity index (χ0n) is 15.8. The third-order valence-electron chi connectivity index (χ3n) is 5.49. The normalized spacial score (nSPS) is 28.7. The number of amides is 1. The number of halogens is 2. The maximum absolute atomic E-state index is 12.4. The van der Waals surface area contributed by atoms with Gasteiger partial charge >= 0.3 is 0 Å². The van der Waals surface area contributed by atoms with Crippen molar-refractivity contribution in [3.05, 3.63) is 35.9 Å². The Morgan fingerprint density at radius 1 is 1.15 bits per heavy atom. The first-order valence-electron chi connectivity index (χ1n) is 9.41. The highest BCUT2D eigenvalue weighted by Gasteiger charge is 2.33. The molecule has 3 rings (SSSR count). The van der Waals surface area contributed by atoms with Crippen LogP contribution in [0, 0.1) is 11.8 Å². The molecule has 148 valence electrons. The molecule has 3 unspecified atom stereocenters. The van der Waals surface area contributed by atoms with Gasteiger partial charge in [-0.15, -0.1) is 24.8 Å². The van der Waals surface area contributed by atoms with Crippen molar-refractivity contribution in [1.82, 2.24) is 15.5 Å². The number of nitrogens with one attached hydrogen (secondary N) is 2. The summed E-state index contributed by atoms with van der Waals surface area (Å²) in [5.74, 6) is 1.19. The van der Waals surface area contributed by atoms with Gasteiger partial charge in [0.25, 0.3) is 0 Å². The second-order valence-corrected chi connectivity index (χ2v) is 7.72. The fourth-order valence-corrected chi connectivity index (χ4v) is 4.33. The number of carbonyl (C=O) groups is 1. The third-order valence-corrected chi connectivity index (χ3v) is 5.49. The highest BCUT2D eigenvalue weighted by molar-refractivity contribution is 5.85. The van der Waals surface area contributed by atoms with Crippen molar-refractivity contribution < 1.29 is 4.79 Å². The first-order chi connectivity index (χ1) is 11.6. The van der Waals surface area contributed by atoms with Crippen LogP contribution in [0.3, 0.4) is 0 Å². The average molecular weight is 402 g/mol. The third kappa shape index (κ3) is 6.41. The van der Waals surface area contributed by atoms with Crippen molar-refractivity contribution in [2.75, 3.05) is 19.6 Å². The van der Waals surface area contributed by atoms with E-state index in [9.17, 15) is 4.79 Å². The molecule has 2 saturated heterocycles. The van der Waals surface area contributed by atoms with Crippen molar-refractivity contribution in [3.8, 4) is 0 Å². The molecule has 2 aliphatic rings. The zero-order chi connectivity index (χ0) is 16.9. The summed E-state index contributed by atoms with van der Waals surface area (Å²) in [5, 5.41) is 6.74. The molecular weight excluding hydrogens is 369 g/mol. The number of piperidine rings is 1. The Kier molecular flexibility index (Phi) is 9.94. The Morgan fingerprint density at radius 3 is 2.38 bits per heavy atom. The van der Waals surface area contributed by atoms with Gasteiger partial charge in [-0.2, -0.15) is 0 Å². The van der Waals surface area contributed by atoms with Gasteiger partial charge in [0.1, 0.15) is 0 Å². The Balaban J connectivity index is 0.00000169. The predicted octanol–water partition coefficient (Wildman–Crippen LogP) is 3.24. The molecule has 2 fully saturated rings. The van der Waals surface area contributed by atoms with Gasteiger partial charge in [0.2, 0.25) is 5.91 Å². The van der Waals surface area contributed by atoms with Crippen LogP contribution in [0.25, 0.3) is 0 Å². The van der Waals surface area contributed by atoms with E-state index in [1.54, 1.807) is 0 Å². The lowest BCUT2D eigenvalue weighted by Crippen LogP contribution is -2.55. The van der Waals surface area contributed by atoms with Gasteiger partial charge in [0.15, 0.2) is 0 Å². The Hall–Kier alpha value is -0.810. The van der Waals surface area contributed by atoms with Crippen LogP contribution in [0.15, 0.2) is 30.3 Å². The summed E-state index contributed by atoms with van der Waals surface area (Å²) in [6.07, 6.45) is 2.96. The summed E-state index contributed by atoms with van der Waals surface area (Å²) in [5.41, 5.74) is 1.37. The lowest BCUT2D eigenvalue weighted by atomic mass is 9.85. The van der Waals surface area contributed by atoms with E-state index in [2.05, 4.69) is 59.7 Å². The van der Waals surface area contributed by atoms with E-state index >= 15 is 0 Å². The summed E-state index contributed by atoms with van der Waals surface area (Å²) in [6, 6.07) is 11.3. The lowest BCUT2D eigenvalue weighted by Gasteiger charge is -2.42. The van der Waals surface area contributed by atoms with E-state index in [1.807, 2.05) is 0 Å². The van der Waals surface area contributed by atoms with E-state index in [4.69, 9.17) is 0 Å². The van der Waals surface area contributed by atoms with E-state index < -0.39 is 0 Å². The van der Waals surface area contributed by atoms with Crippen LogP contribution in [0.1, 0.15) is 38.7 Å². The van der Waals surface area contributed by atoms with Crippen LogP contribution >= 0.6 is 24.8 Å². The average Bonchev–Trinajstić information content (AvgIpc) is 3.05. The van der Waals surface area contributed by atoms with Crippen molar-refractivity contribution >= 4 is 30.7 Å². The molecule has 0 aliphatic carbocycles. The summed E-state index contributed by atoms with van der Waals surface area (Å²) in [7, 11) is 0. The van der Waals surface area contributed by atoms with Crippen molar-refractivity contribution in [3.63, 3.8) is 0 Å². The second-order valence-electron chi connectivity index (χ2n) is 7.72. The van der Waals surface area contributed by atoms with Crippen LogP contribution in [-0.4, -0.2) is 42.5 Å². The Bertz CT molecular complexity index is 525. The molecule has 26 heavy (non-hydrogen) atoms. The molecule has 1 aromatic rings. The number of rotatable bonds is 5. The first kappa shape index (κ1) is 23.2. The second kappa shape index (κ2) is 11.1. The van der Waals surface area contributed by atoms with E-state index in [0.717, 1.165) is 32.6 Å². The maximum atomic E-state index is 12.4. The van der Waals surface area contributed by atoms with Crippen LogP contribution in [0.4, 0.5) is 0 Å². The van der Waals surface area contributed by atoms with Crippen LogP contribution in [-0.2, 0) is 11.3 Å². The van der Waals surface area contributed by atoms with Gasteiger partial charge in [0, 0.05) is 38.1 Å². The summed E-state index contributed by atoms with van der Waals surface area (Å²) in [4.78, 5) is 14.9. The predicted molar refractivity (Wildman–Crippen MR) is 112 cm³/mol. The van der Waals surface area contributed by atoms with Crippen LogP contribution in [0.5, 0.6) is 0 Å². The largest absolute Gasteiger partial charge is 0.353 e. The van der Waals surface area contributed by atoms with Crippen molar-refractivity contribution in [2.24, 2.45) is 11.8 Å². The minimum absolute atomic E-state index is 0. The molecule has 0 saturated carbocycles. The summed E-state index contributed by atoms with van der Waals surface area (Å²) >= 11 is 0. The van der Waals surface area contributed by atoms with E-state index in [-0.39, 0.29) is 30.7 Å². The zero-order valence-corrected chi connectivity index (χ0v) is 17.5. The molecule has 0 radical (unpaired) electrons. The Labute approximate surface area is 170 Å². The minimum Gasteiger partial charge on any atom is -0.353 e. The van der Waals surface area contributed by atoms with Gasteiger partial charge in [-0.25, -0.2) is 0 Å². The van der Waals surface area contributed by atoms with Gasteiger partial charge < -0.3 is 10.6 Å². The monoisotopic (exact) mass is 401 g/mol. The molecule has 0 bridgehead atoms. The number of likely N-dealkylation sites (tertiary alicyclic amines) is 1. The molecule has 0 aromatic heterocycles. The number of hydrogen-bond acceptors (Lipinski definition) is 3. The number of nitrogens with zero attached hydrogens (tertiary/aromatic N) is 1. The van der Waals surface area contributed by atoms with Crippen molar-refractivity contribution in [2.45, 2.75) is 51.7 Å². The number of carbonyl (C=O) groups excluding carboxylic acids is 1. The van der Waals surface area contributed by atoms with Gasteiger partial charge in [-0.05, 0) is 36.8 Å². The molecule has 1 aromatic carbocycles. The Morgan fingerprint density at radius 2 is 1.81 bits per heavy atom. The molecule has 2 aliphatic heterocycles. The molecule has 3 atom stereocenters. The van der Waals surface area contributed by atoms with Gasteiger partial charge in [-0.3, -0.25) is 9.69 Å². The summed E-state index contributed by atoms with van der Waals surface area (Å²) < 4.78 is 0. The summed E-state index contributed by atoms with van der Waals surface area (Å²) in [6.45, 7) is 8.70. The molecule has 1 amide bonds. The molecule has 4 nitrogen and oxygen atoms in total. The lowest BCUT2D eigenvalue weighted by molar-refractivity contribution is -0.123. The standard InChI is InChI=1S/C20H31N3O.2ClH/c1-15-12-23(14-17-7-4-3-5-8-17)13-16(2)20(15)22-19(24)11-18-9-6-10-21-18;;/h3-5,7-8,15-16,18,20-21H,6,9-14H2,1-2H3,(H,22,24);2*1H. The minimum atomic E-state index is 0. The van der Waals surface area contributed by atoms with Crippen molar-refractivity contribution in [1.29, 1.82) is 0 Å². The molecule has 2 N–H and O–H groups in total. The highest BCUT2D eigenvalue weighted by Crippen LogP contribution is 2.24. The molecule has 2 heterocycles. The fourth-order valence-electron chi connectivity index (χ4n) is 4.33.